The second-order valence-corrected chi connectivity index (χ2v) is 6.95. The first-order valence-electron chi connectivity index (χ1n) is 7.65. The molecule has 1 aromatic carbocycles. The van der Waals surface area contributed by atoms with Crippen LogP contribution in [0.5, 0.6) is 0 Å². The average molecular weight is 302 g/mol. The predicted molar refractivity (Wildman–Crippen MR) is 92.8 cm³/mol. The van der Waals surface area contributed by atoms with Gasteiger partial charge in [0.2, 0.25) is 0 Å². The molecule has 2 rings (SSSR count). The van der Waals surface area contributed by atoms with Crippen LogP contribution in [0.1, 0.15) is 29.9 Å². The maximum atomic E-state index is 3.47. The van der Waals surface area contributed by atoms with Crippen molar-refractivity contribution in [2.75, 3.05) is 13.6 Å². The Morgan fingerprint density at radius 2 is 1.95 bits per heavy atom. The highest BCUT2D eigenvalue weighted by molar-refractivity contribution is 7.09. The number of rotatable bonds is 8. The van der Waals surface area contributed by atoms with Crippen LogP contribution in [0.15, 0.2) is 41.8 Å². The van der Waals surface area contributed by atoms with Crippen LogP contribution in [0.25, 0.3) is 0 Å². The van der Waals surface area contributed by atoms with E-state index in [0.29, 0.717) is 6.04 Å². The number of likely N-dealkylation sites (N-methyl/N-ethyl adjacent to an activating group) is 1. The minimum absolute atomic E-state index is 0.530. The van der Waals surface area contributed by atoms with Crippen LogP contribution < -0.4 is 5.32 Å². The molecule has 0 atom stereocenters. The highest BCUT2D eigenvalue weighted by Crippen LogP contribution is 2.11. The molecule has 0 radical (unpaired) electrons. The van der Waals surface area contributed by atoms with E-state index in [2.05, 4.69) is 72.9 Å². The summed E-state index contributed by atoms with van der Waals surface area (Å²) in [6.45, 7) is 7.44. The molecule has 21 heavy (non-hydrogen) atoms. The van der Waals surface area contributed by atoms with Gasteiger partial charge in [-0.3, -0.25) is 0 Å². The van der Waals surface area contributed by atoms with Crippen LogP contribution in [0.2, 0.25) is 0 Å². The molecule has 0 saturated heterocycles. The van der Waals surface area contributed by atoms with Crippen LogP contribution in [0.4, 0.5) is 0 Å². The van der Waals surface area contributed by atoms with E-state index in [0.717, 1.165) is 26.1 Å². The van der Waals surface area contributed by atoms with Gasteiger partial charge in [0.15, 0.2) is 0 Å². The van der Waals surface area contributed by atoms with Crippen molar-refractivity contribution in [1.82, 2.24) is 10.2 Å². The third-order valence-corrected chi connectivity index (χ3v) is 4.41. The molecule has 0 aliphatic heterocycles. The molecule has 0 spiro atoms. The zero-order chi connectivity index (χ0) is 15.1. The monoisotopic (exact) mass is 302 g/mol. The lowest BCUT2D eigenvalue weighted by Crippen LogP contribution is -2.22. The predicted octanol–water partition coefficient (Wildman–Crippen LogP) is 3.92. The Morgan fingerprint density at radius 1 is 1.14 bits per heavy atom. The summed E-state index contributed by atoms with van der Waals surface area (Å²) in [7, 11) is 2.20. The third-order valence-electron chi connectivity index (χ3n) is 3.48. The van der Waals surface area contributed by atoms with Crippen LogP contribution >= 0.6 is 11.3 Å². The standard InChI is InChI=1S/C18H26N2S/c1-15(2)19-13-16-6-4-7-17(12-16)14-20(3)10-9-18-8-5-11-21-18/h4-8,11-12,15,19H,9-10,13-14H2,1-3H3. The van der Waals surface area contributed by atoms with E-state index in [1.807, 2.05) is 11.3 Å². The van der Waals surface area contributed by atoms with Crippen molar-refractivity contribution >= 4 is 11.3 Å². The van der Waals surface area contributed by atoms with Crippen molar-refractivity contribution in [2.45, 2.75) is 39.4 Å². The molecular weight excluding hydrogens is 276 g/mol. The van der Waals surface area contributed by atoms with E-state index in [1.165, 1.54) is 16.0 Å². The fourth-order valence-corrected chi connectivity index (χ4v) is 3.00. The Kier molecular flexibility index (Phi) is 6.43. The fourth-order valence-electron chi connectivity index (χ4n) is 2.31. The van der Waals surface area contributed by atoms with Gasteiger partial charge in [-0.15, -0.1) is 11.3 Å². The molecule has 0 fully saturated rings. The Balaban J connectivity index is 1.82. The van der Waals surface area contributed by atoms with Gasteiger partial charge < -0.3 is 10.2 Å². The summed E-state index contributed by atoms with van der Waals surface area (Å²) >= 11 is 1.85. The first-order valence-corrected chi connectivity index (χ1v) is 8.53. The molecule has 0 saturated carbocycles. The second-order valence-electron chi connectivity index (χ2n) is 5.92. The van der Waals surface area contributed by atoms with Crippen molar-refractivity contribution in [2.24, 2.45) is 0 Å². The van der Waals surface area contributed by atoms with Gasteiger partial charge in [-0.05, 0) is 36.0 Å². The zero-order valence-corrected chi connectivity index (χ0v) is 14.1. The summed E-state index contributed by atoms with van der Waals surface area (Å²) in [6, 6.07) is 13.8. The Labute approximate surface area is 132 Å². The molecule has 0 aliphatic rings. The highest BCUT2D eigenvalue weighted by atomic mass is 32.1. The summed E-state index contributed by atoms with van der Waals surface area (Å²) < 4.78 is 0. The maximum absolute atomic E-state index is 3.47. The summed E-state index contributed by atoms with van der Waals surface area (Å²) in [5, 5.41) is 5.63. The molecule has 1 aromatic heterocycles. The molecule has 1 heterocycles. The van der Waals surface area contributed by atoms with Gasteiger partial charge in [-0.1, -0.05) is 44.2 Å². The molecule has 0 bridgehead atoms. The number of nitrogens with zero attached hydrogens (tertiary/aromatic N) is 1. The van der Waals surface area contributed by atoms with E-state index in [-0.39, 0.29) is 0 Å². The van der Waals surface area contributed by atoms with Crippen LogP contribution in [-0.4, -0.2) is 24.5 Å². The molecule has 2 nitrogen and oxygen atoms in total. The van der Waals surface area contributed by atoms with Gasteiger partial charge in [-0.2, -0.15) is 0 Å². The molecule has 0 unspecified atom stereocenters. The highest BCUT2D eigenvalue weighted by Gasteiger charge is 2.03. The summed E-state index contributed by atoms with van der Waals surface area (Å²) in [6.07, 6.45) is 1.14. The van der Waals surface area contributed by atoms with E-state index < -0.39 is 0 Å². The van der Waals surface area contributed by atoms with Gasteiger partial charge in [-0.25, -0.2) is 0 Å². The lowest BCUT2D eigenvalue weighted by atomic mass is 10.1. The van der Waals surface area contributed by atoms with Crippen molar-refractivity contribution in [1.29, 1.82) is 0 Å². The van der Waals surface area contributed by atoms with E-state index in [4.69, 9.17) is 0 Å². The summed E-state index contributed by atoms with van der Waals surface area (Å²) in [4.78, 5) is 3.87. The summed E-state index contributed by atoms with van der Waals surface area (Å²) in [5.41, 5.74) is 2.76. The topological polar surface area (TPSA) is 15.3 Å². The number of thiophene rings is 1. The first-order chi connectivity index (χ1) is 10.1. The molecule has 1 N–H and O–H groups in total. The molecule has 2 aromatic rings. The smallest absolute Gasteiger partial charge is 0.0230 e. The minimum Gasteiger partial charge on any atom is -0.310 e. The summed E-state index contributed by atoms with van der Waals surface area (Å²) in [5.74, 6) is 0. The van der Waals surface area contributed by atoms with Crippen molar-refractivity contribution in [3.8, 4) is 0 Å². The van der Waals surface area contributed by atoms with Gasteiger partial charge in [0.25, 0.3) is 0 Å². The van der Waals surface area contributed by atoms with Crippen molar-refractivity contribution < 1.29 is 0 Å². The first kappa shape index (κ1) is 16.2. The lowest BCUT2D eigenvalue weighted by molar-refractivity contribution is 0.332. The Hall–Kier alpha value is -1.16. The van der Waals surface area contributed by atoms with Gasteiger partial charge in [0.05, 0.1) is 0 Å². The Morgan fingerprint density at radius 3 is 2.67 bits per heavy atom. The molecular formula is C18H26N2S. The van der Waals surface area contributed by atoms with Crippen LogP contribution in [-0.2, 0) is 19.5 Å². The lowest BCUT2D eigenvalue weighted by Gasteiger charge is -2.17. The maximum Gasteiger partial charge on any atom is 0.0230 e. The number of nitrogens with one attached hydrogen (secondary N) is 1. The molecule has 0 aliphatic carbocycles. The SMILES string of the molecule is CC(C)NCc1cccc(CN(C)CCc2cccs2)c1. The third kappa shape index (κ3) is 6.00. The number of hydrogen-bond donors (Lipinski definition) is 1. The molecule has 3 heteroatoms. The number of hydrogen-bond acceptors (Lipinski definition) is 3. The zero-order valence-electron chi connectivity index (χ0n) is 13.3. The van der Waals surface area contributed by atoms with Gasteiger partial charge in [0, 0.05) is 30.6 Å². The molecule has 114 valence electrons. The van der Waals surface area contributed by atoms with Crippen LogP contribution in [0.3, 0.4) is 0 Å². The average Bonchev–Trinajstić information content (AvgIpc) is 2.97. The van der Waals surface area contributed by atoms with Crippen LogP contribution in [0, 0.1) is 0 Å². The van der Waals surface area contributed by atoms with E-state index >= 15 is 0 Å². The second kappa shape index (κ2) is 8.32. The normalized spacial score (nSPS) is 11.5. The van der Waals surface area contributed by atoms with E-state index in [1.54, 1.807) is 0 Å². The Bertz CT molecular complexity index is 520. The van der Waals surface area contributed by atoms with E-state index in [9.17, 15) is 0 Å². The van der Waals surface area contributed by atoms with Gasteiger partial charge in [0.1, 0.15) is 0 Å². The molecule has 0 amide bonds. The van der Waals surface area contributed by atoms with Crippen molar-refractivity contribution in [3.05, 3.63) is 57.8 Å². The van der Waals surface area contributed by atoms with Gasteiger partial charge >= 0.3 is 0 Å². The quantitative estimate of drug-likeness (QED) is 0.795. The largest absolute Gasteiger partial charge is 0.310 e. The van der Waals surface area contributed by atoms with Crippen molar-refractivity contribution in [3.63, 3.8) is 0 Å². The number of benzene rings is 1. The fraction of sp³-hybridized carbons (Fsp3) is 0.444. The minimum atomic E-state index is 0.530.